The average Bonchev–Trinajstić information content (AvgIpc) is 2.70. The quantitative estimate of drug-likeness (QED) is 0.868. The third-order valence-electron chi connectivity index (χ3n) is 2.76. The van der Waals surface area contributed by atoms with Crippen LogP contribution in [-0.2, 0) is 6.54 Å². The number of anilines is 1. The smallest absolute Gasteiger partial charge is 0.372 e. The Morgan fingerprint density at radius 3 is 2.61 bits per heavy atom. The van der Waals surface area contributed by atoms with Crippen molar-refractivity contribution >= 4 is 11.7 Å². The van der Waals surface area contributed by atoms with E-state index >= 15 is 0 Å². The van der Waals surface area contributed by atoms with E-state index in [0.717, 1.165) is 11.3 Å². The molecule has 0 aliphatic carbocycles. The van der Waals surface area contributed by atoms with E-state index in [0.29, 0.717) is 17.9 Å². The lowest BCUT2D eigenvalue weighted by Crippen LogP contribution is -2.00. The maximum Gasteiger partial charge on any atom is 0.372 e. The van der Waals surface area contributed by atoms with Crippen LogP contribution in [-0.4, -0.2) is 11.1 Å². The molecule has 94 valence electrons. The van der Waals surface area contributed by atoms with Crippen molar-refractivity contribution in [3.63, 3.8) is 0 Å². The van der Waals surface area contributed by atoms with Gasteiger partial charge in [0, 0.05) is 11.3 Å². The minimum atomic E-state index is -1.03. The lowest BCUT2D eigenvalue weighted by Gasteiger charge is -2.07. The van der Waals surface area contributed by atoms with Gasteiger partial charge in [-0.1, -0.05) is 18.2 Å². The highest BCUT2D eigenvalue weighted by Gasteiger charge is 2.13. The van der Waals surface area contributed by atoms with E-state index in [1.807, 2.05) is 31.2 Å². The van der Waals surface area contributed by atoms with Gasteiger partial charge in [0.25, 0.3) is 0 Å². The van der Waals surface area contributed by atoms with Crippen LogP contribution in [0.3, 0.4) is 0 Å². The number of carboxylic acids is 1. The number of furan rings is 1. The van der Waals surface area contributed by atoms with E-state index in [-0.39, 0.29) is 5.76 Å². The number of rotatable bonds is 4. The number of aryl methyl sites for hydroxylation is 2. The Bertz CT molecular complexity index is 572. The van der Waals surface area contributed by atoms with Crippen LogP contribution in [0.25, 0.3) is 0 Å². The zero-order chi connectivity index (χ0) is 13.1. The molecule has 0 fully saturated rings. The number of hydrogen-bond acceptors (Lipinski definition) is 3. The molecule has 2 aromatic rings. The standard InChI is InChI=1S/C14H15NO3/c1-9-5-3-4-6-12(9)15-8-11-7-10(2)13(18-11)14(16)17/h3-7,15H,8H2,1-2H3,(H,16,17). The number of carboxylic acid groups (broad SMARTS) is 1. The second-order valence-corrected chi connectivity index (χ2v) is 4.20. The number of benzene rings is 1. The molecule has 0 bridgehead atoms. The number of nitrogens with one attached hydrogen (secondary N) is 1. The van der Waals surface area contributed by atoms with Gasteiger partial charge in [-0.25, -0.2) is 4.79 Å². The summed E-state index contributed by atoms with van der Waals surface area (Å²) in [5.74, 6) is -0.403. The third-order valence-corrected chi connectivity index (χ3v) is 2.76. The van der Waals surface area contributed by atoms with Crippen LogP contribution in [0.4, 0.5) is 5.69 Å². The normalized spacial score (nSPS) is 10.3. The monoisotopic (exact) mass is 245 g/mol. The van der Waals surface area contributed by atoms with Crippen molar-refractivity contribution in [1.82, 2.24) is 0 Å². The van der Waals surface area contributed by atoms with E-state index in [2.05, 4.69) is 5.32 Å². The van der Waals surface area contributed by atoms with Gasteiger partial charge in [-0.05, 0) is 31.5 Å². The molecule has 0 radical (unpaired) electrons. The lowest BCUT2D eigenvalue weighted by molar-refractivity contribution is 0.0659. The minimum Gasteiger partial charge on any atom is -0.475 e. The molecular formula is C14H15NO3. The number of hydrogen-bond donors (Lipinski definition) is 2. The molecule has 18 heavy (non-hydrogen) atoms. The van der Waals surface area contributed by atoms with Crippen molar-refractivity contribution in [2.45, 2.75) is 20.4 Å². The van der Waals surface area contributed by atoms with Crippen molar-refractivity contribution in [2.24, 2.45) is 0 Å². The first kappa shape index (κ1) is 12.2. The topological polar surface area (TPSA) is 62.5 Å². The van der Waals surface area contributed by atoms with Crippen molar-refractivity contribution in [3.8, 4) is 0 Å². The summed E-state index contributed by atoms with van der Waals surface area (Å²) < 4.78 is 5.28. The number of para-hydroxylation sites is 1. The van der Waals surface area contributed by atoms with Crippen molar-refractivity contribution in [1.29, 1.82) is 0 Å². The summed E-state index contributed by atoms with van der Waals surface area (Å²) in [5.41, 5.74) is 2.80. The second kappa shape index (κ2) is 4.96. The van der Waals surface area contributed by atoms with Crippen LogP contribution in [0.15, 0.2) is 34.7 Å². The molecule has 0 aliphatic heterocycles. The summed E-state index contributed by atoms with van der Waals surface area (Å²) in [6.45, 7) is 4.21. The first-order chi connectivity index (χ1) is 8.58. The molecule has 4 heteroatoms. The summed E-state index contributed by atoms with van der Waals surface area (Å²) in [4.78, 5) is 10.8. The highest BCUT2D eigenvalue weighted by molar-refractivity contribution is 5.86. The Hall–Kier alpha value is -2.23. The van der Waals surface area contributed by atoms with Crippen LogP contribution in [0, 0.1) is 13.8 Å². The van der Waals surface area contributed by atoms with Crippen LogP contribution in [0.2, 0.25) is 0 Å². The Morgan fingerprint density at radius 1 is 1.28 bits per heavy atom. The molecule has 2 N–H and O–H groups in total. The molecule has 4 nitrogen and oxygen atoms in total. The molecule has 1 heterocycles. The fourth-order valence-corrected chi connectivity index (χ4v) is 1.80. The second-order valence-electron chi connectivity index (χ2n) is 4.20. The van der Waals surface area contributed by atoms with E-state index in [4.69, 9.17) is 9.52 Å². The van der Waals surface area contributed by atoms with Gasteiger partial charge >= 0.3 is 5.97 Å². The number of carbonyl (C=O) groups is 1. The minimum absolute atomic E-state index is 0.0107. The van der Waals surface area contributed by atoms with Gasteiger partial charge in [0.1, 0.15) is 5.76 Å². The summed E-state index contributed by atoms with van der Waals surface area (Å²) in [6.07, 6.45) is 0. The first-order valence-electron chi connectivity index (χ1n) is 5.70. The van der Waals surface area contributed by atoms with Gasteiger partial charge in [-0.15, -0.1) is 0 Å². The number of aromatic carboxylic acids is 1. The highest BCUT2D eigenvalue weighted by Crippen LogP contribution is 2.18. The molecule has 0 spiro atoms. The Labute approximate surface area is 105 Å². The molecule has 1 aromatic heterocycles. The van der Waals surface area contributed by atoms with E-state index in [1.54, 1.807) is 13.0 Å². The summed E-state index contributed by atoms with van der Waals surface area (Å²) in [6, 6.07) is 9.65. The van der Waals surface area contributed by atoms with Crippen LogP contribution in [0.1, 0.15) is 27.4 Å². The van der Waals surface area contributed by atoms with Crippen molar-refractivity contribution < 1.29 is 14.3 Å². The van der Waals surface area contributed by atoms with Crippen LogP contribution < -0.4 is 5.32 Å². The third kappa shape index (κ3) is 2.53. The summed E-state index contributed by atoms with van der Waals surface area (Å²) in [7, 11) is 0. The highest BCUT2D eigenvalue weighted by atomic mass is 16.4. The van der Waals surface area contributed by atoms with Crippen LogP contribution in [0.5, 0.6) is 0 Å². The van der Waals surface area contributed by atoms with Gasteiger partial charge in [0.2, 0.25) is 5.76 Å². The Kier molecular flexibility index (Phi) is 3.37. The fraction of sp³-hybridized carbons (Fsp3) is 0.214. The molecular weight excluding hydrogens is 230 g/mol. The molecule has 0 amide bonds. The average molecular weight is 245 g/mol. The molecule has 0 saturated carbocycles. The van der Waals surface area contributed by atoms with E-state index in [9.17, 15) is 4.79 Å². The lowest BCUT2D eigenvalue weighted by atomic mass is 10.2. The van der Waals surface area contributed by atoms with Crippen LogP contribution >= 0.6 is 0 Å². The SMILES string of the molecule is Cc1ccccc1NCc1cc(C)c(C(=O)O)o1. The van der Waals surface area contributed by atoms with E-state index < -0.39 is 5.97 Å². The van der Waals surface area contributed by atoms with Crippen molar-refractivity contribution in [2.75, 3.05) is 5.32 Å². The largest absolute Gasteiger partial charge is 0.475 e. The fourth-order valence-electron chi connectivity index (χ4n) is 1.80. The molecule has 0 atom stereocenters. The maximum absolute atomic E-state index is 10.8. The zero-order valence-electron chi connectivity index (χ0n) is 10.4. The maximum atomic E-state index is 10.8. The van der Waals surface area contributed by atoms with E-state index in [1.165, 1.54) is 0 Å². The Morgan fingerprint density at radius 2 is 2.00 bits per heavy atom. The summed E-state index contributed by atoms with van der Waals surface area (Å²) >= 11 is 0. The molecule has 1 aromatic carbocycles. The molecule has 0 aliphatic rings. The molecule has 2 rings (SSSR count). The van der Waals surface area contributed by atoms with Crippen molar-refractivity contribution in [3.05, 3.63) is 53.0 Å². The zero-order valence-corrected chi connectivity index (χ0v) is 10.4. The molecule has 0 saturated heterocycles. The van der Waals surface area contributed by atoms with Gasteiger partial charge in [-0.2, -0.15) is 0 Å². The first-order valence-corrected chi connectivity index (χ1v) is 5.70. The molecule has 0 unspecified atom stereocenters. The van der Waals surface area contributed by atoms with Gasteiger partial charge < -0.3 is 14.8 Å². The van der Waals surface area contributed by atoms with Gasteiger partial charge in [-0.3, -0.25) is 0 Å². The predicted molar refractivity (Wildman–Crippen MR) is 68.9 cm³/mol. The summed E-state index contributed by atoms with van der Waals surface area (Å²) in [5, 5.41) is 12.1. The predicted octanol–water partition coefficient (Wildman–Crippen LogP) is 3.21. The Balaban J connectivity index is 2.09. The van der Waals surface area contributed by atoms with Gasteiger partial charge in [0.15, 0.2) is 0 Å². The van der Waals surface area contributed by atoms with Gasteiger partial charge in [0.05, 0.1) is 6.54 Å².